The Morgan fingerprint density at radius 1 is 0.769 bits per heavy atom. The number of piperidine rings is 1. The van der Waals surface area contributed by atoms with Crippen LogP contribution in [0.4, 0.5) is 0 Å². The summed E-state index contributed by atoms with van der Waals surface area (Å²) >= 11 is 0. The van der Waals surface area contributed by atoms with Crippen LogP contribution in [0.2, 0.25) is 0 Å². The lowest BCUT2D eigenvalue weighted by Gasteiger charge is -2.61. The number of likely N-dealkylation sites (tertiary alicyclic amines) is 1. The van der Waals surface area contributed by atoms with E-state index in [1.165, 1.54) is 83.7 Å². The van der Waals surface area contributed by atoms with E-state index in [1.807, 2.05) is 0 Å². The Morgan fingerprint density at radius 2 is 1.50 bits per heavy atom. The van der Waals surface area contributed by atoms with Crippen LogP contribution in [0.3, 0.4) is 0 Å². The van der Waals surface area contributed by atoms with Crippen LogP contribution in [-0.2, 0) is 0 Å². The van der Waals surface area contributed by atoms with Crippen LogP contribution in [0.1, 0.15) is 90.9 Å². The minimum atomic E-state index is -0.0196. The lowest BCUT2D eigenvalue weighted by molar-refractivity contribution is -0.129. The van der Waals surface area contributed by atoms with Crippen LogP contribution in [-0.4, -0.2) is 35.2 Å². The van der Waals surface area contributed by atoms with Crippen LogP contribution in [0, 0.1) is 34.5 Å². The second-order valence-corrected chi connectivity index (χ2v) is 11.3. The van der Waals surface area contributed by atoms with Gasteiger partial charge in [-0.05, 0) is 118 Å². The standard InChI is InChI=1S/C24H41NO/c1-23-12-10-18(25-14-4-3-5-15-25)16-17(23)6-7-19-20-8-9-22(26)24(20,2)13-11-21(19)23/h17-22,26H,3-16H2,1-2H3/t17-,18-,19-,20-,21-,22-,23-,24-/m0/s1. The summed E-state index contributed by atoms with van der Waals surface area (Å²) in [5.74, 6) is 3.65. The molecular weight excluding hydrogens is 318 g/mol. The Morgan fingerprint density at radius 3 is 2.31 bits per heavy atom. The molecule has 0 aromatic rings. The normalized spacial score (nSPS) is 55.0. The molecule has 0 aromatic heterocycles. The first kappa shape index (κ1) is 18.0. The number of aliphatic hydroxyl groups excluding tert-OH is 1. The molecule has 0 aromatic carbocycles. The fraction of sp³-hybridized carbons (Fsp3) is 1.00. The van der Waals surface area contributed by atoms with E-state index in [0.29, 0.717) is 5.41 Å². The Hall–Kier alpha value is -0.0800. The Bertz CT molecular complexity index is 528. The molecular formula is C24H41NO. The molecule has 2 heteroatoms. The lowest BCUT2D eigenvalue weighted by Crippen LogP contribution is -2.56. The number of nitrogens with zero attached hydrogens (tertiary/aromatic N) is 1. The number of hydrogen-bond donors (Lipinski definition) is 1. The minimum absolute atomic E-state index is 0.0196. The molecule has 0 amide bonds. The summed E-state index contributed by atoms with van der Waals surface area (Å²) in [6.07, 6.45) is 16.7. The molecule has 5 fully saturated rings. The topological polar surface area (TPSA) is 23.5 Å². The molecule has 26 heavy (non-hydrogen) atoms. The number of hydrogen-bond acceptors (Lipinski definition) is 2. The zero-order valence-corrected chi connectivity index (χ0v) is 17.3. The zero-order chi connectivity index (χ0) is 17.9. The number of aliphatic hydroxyl groups is 1. The smallest absolute Gasteiger partial charge is 0.0596 e. The first-order valence-corrected chi connectivity index (χ1v) is 11.9. The molecule has 4 aliphatic carbocycles. The van der Waals surface area contributed by atoms with Crippen LogP contribution in [0.15, 0.2) is 0 Å². The fourth-order valence-electron chi connectivity index (χ4n) is 8.82. The van der Waals surface area contributed by atoms with Gasteiger partial charge < -0.3 is 10.0 Å². The van der Waals surface area contributed by atoms with E-state index < -0.39 is 0 Å². The van der Waals surface area contributed by atoms with Gasteiger partial charge in [0.15, 0.2) is 0 Å². The first-order valence-electron chi connectivity index (χ1n) is 11.9. The summed E-state index contributed by atoms with van der Waals surface area (Å²) in [5, 5.41) is 10.6. The van der Waals surface area contributed by atoms with E-state index >= 15 is 0 Å². The molecule has 1 aliphatic heterocycles. The summed E-state index contributed by atoms with van der Waals surface area (Å²) in [6, 6.07) is 0.895. The predicted octanol–water partition coefficient (Wildman–Crippen LogP) is 5.24. The third kappa shape index (κ3) is 2.57. The molecule has 0 unspecified atom stereocenters. The van der Waals surface area contributed by atoms with Crippen LogP contribution in [0.5, 0.6) is 0 Å². The van der Waals surface area contributed by atoms with Crippen molar-refractivity contribution in [2.45, 2.75) is 103 Å². The molecule has 148 valence electrons. The van der Waals surface area contributed by atoms with Gasteiger partial charge in [0, 0.05) is 6.04 Å². The van der Waals surface area contributed by atoms with Crippen molar-refractivity contribution in [1.82, 2.24) is 4.90 Å². The van der Waals surface area contributed by atoms with Gasteiger partial charge in [-0.25, -0.2) is 0 Å². The summed E-state index contributed by atoms with van der Waals surface area (Å²) in [4.78, 5) is 2.86. The van der Waals surface area contributed by atoms with Crippen molar-refractivity contribution in [1.29, 1.82) is 0 Å². The molecule has 4 saturated carbocycles. The lowest BCUT2D eigenvalue weighted by atomic mass is 9.45. The third-order valence-corrected chi connectivity index (χ3v) is 10.5. The van der Waals surface area contributed by atoms with Gasteiger partial charge in [-0.3, -0.25) is 0 Å². The van der Waals surface area contributed by atoms with Crippen molar-refractivity contribution in [2.24, 2.45) is 34.5 Å². The quantitative estimate of drug-likeness (QED) is 0.691. The van der Waals surface area contributed by atoms with Gasteiger partial charge in [-0.15, -0.1) is 0 Å². The molecule has 0 radical (unpaired) electrons. The molecule has 2 nitrogen and oxygen atoms in total. The van der Waals surface area contributed by atoms with Crippen LogP contribution >= 0.6 is 0 Å². The largest absolute Gasteiger partial charge is 0.393 e. The number of fused-ring (bicyclic) bond motifs is 5. The minimum Gasteiger partial charge on any atom is -0.393 e. The van der Waals surface area contributed by atoms with E-state index in [4.69, 9.17) is 0 Å². The fourth-order valence-corrected chi connectivity index (χ4v) is 8.82. The molecule has 0 bridgehead atoms. The van der Waals surface area contributed by atoms with Crippen molar-refractivity contribution >= 4 is 0 Å². The van der Waals surface area contributed by atoms with Crippen molar-refractivity contribution in [3.8, 4) is 0 Å². The van der Waals surface area contributed by atoms with Gasteiger partial charge in [-0.2, -0.15) is 0 Å². The Kier molecular flexibility index (Phi) is 4.48. The van der Waals surface area contributed by atoms with Gasteiger partial charge in [0.25, 0.3) is 0 Å². The SMILES string of the molecule is C[C@]12CC[C@H](N3CCCCC3)C[C@@H]1CC[C@@H]1[C@@H]2CC[C@]2(C)[C@@H](O)CC[C@@H]12. The van der Waals surface area contributed by atoms with Crippen molar-refractivity contribution in [2.75, 3.05) is 13.1 Å². The van der Waals surface area contributed by atoms with Crippen molar-refractivity contribution in [3.05, 3.63) is 0 Å². The second kappa shape index (κ2) is 6.48. The van der Waals surface area contributed by atoms with E-state index in [-0.39, 0.29) is 11.5 Å². The van der Waals surface area contributed by atoms with Crippen LogP contribution < -0.4 is 0 Å². The highest BCUT2D eigenvalue weighted by atomic mass is 16.3. The number of rotatable bonds is 1. The van der Waals surface area contributed by atoms with Crippen LogP contribution in [0.25, 0.3) is 0 Å². The summed E-state index contributed by atoms with van der Waals surface area (Å²) in [7, 11) is 0. The van der Waals surface area contributed by atoms with Gasteiger partial charge in [0.05, 0.1) is 6.10 Å². The Labute approximate surface area is 161 Å². The molecule has 0 spiro atoms. The molecule has 5 rings (SSSR count). The van der Waals surface area contributed by atoms with Gasteiger partial charge in [0.1, 0.15) is 0 Å². The average molecular weight is 360 g/mol. The van der Waals surface area contributed by atoms with E-state index in [9.17, 15) is 5.11 Å². The van der Waals surface area contributed by atoms with E-state index in [2.05, 4.69) is 18.7 Å². The molecule has 8 atom stereocenters. The third-order valence-electron chi connectivity index (χ3n) is 10.5. The maximum absolute atomic E-state index is 10.6. The highest BCUT2D eigenvalue weighted by Crippen LogP contribution is 2.66. The second-order valence-electron chi connectivity index (χ2n) is 11.3. The highest BCUT2D eigenvalue weighted by Gasteiger charge is 2.60. The predicted molar refractivity (Wildman–Crippen MR) is 107 cm³/mol. The van der Waals surface area contributed by atoms with Crippen molar-refractivity contribution < 1.29 is 5.11 Å². The molecule has 1 N–H and O–H groups in total. The molecule has 5 aliphatic rings. The summed E-state index contributed by atoms with van der Waals surface area (Å²) < 4.78 is 0. The van der Waals surface area contributed by atoms with E-state index in [1.54, 1.807) is 0 Å². The van der Waals surface area contributed by atoms with Crippen molar-refractivity contribution in [3.63, 3.8) is 0 Å². The molecule has 1 saturated heterocycles. The maximum Gasteiger partial charge on any atom is 0.0596 e. The molecule has 1 heterocycles. The highest BCUT2D eigenvalue weighted by molar-refractivity contribution is 5.09. The van der Waals surface area contributed by atoms with E-state index in [0.717, 1.165) is 36.1 Å². The first-order chi connectivity index (χ1) is 12.5. The van der Waals surface area contributed by atoms with Gasteiger partial charge >= 0.3 is 0 Å². The average Bonchev–Trinajstić information content (AvgIpc) is 2.97. The Balaban J connectivity index is 1.33. The monoisotopic (exact) mass is 359 g/mol. The van der Waals surface area contributed by atoms with Gasteiger partial charge in [-0.1, -0.05) is 20.3 Å². The maximum atomic E-state index is 10.6. The summed E-state index contributed by atoms with van der Waals surface area (Å²) in [5.41, 5.74) is 0.847. The zero-order valence-electron chi connectivity index (χ0n) is 17.3. The summed E-state index contributed by atoms with van der Waals surface area (Å²) in [6.45, 7) is 7.86. The van der Waals surface area contributed by atoms with Gasteiger partial charge in [0.2, 0.25) is 0 Å².